The molecule has 0 radical (unpaired) electrons. The van der Waals surface area contributed by atoms with E-state index >= 15 is 0 Å². The highest BCUT2D eigenvalue weighted by Crippen LogP contribution is 2.10. The maximum absolute atomic E-state index is 11.8. The Morgan fingerprint density at radius 3 is 2.81 bits per heavy atom. The first-order valence-electron chi connectivity index (χ1n) is 5.72. The fraction of sp³-hybridized carbons (Fsp3) is 0.636. The van der Waals surface area contributed by atoms with Crippen LogP contribution >= 0.6 is 0 Å². The number of nitrogens with zero attached hydrogens (tertiary/aromatic N) is 3. The molecule has 0 aromatic carbocycles. The molecule has 5 nitrogen and oxygen atoms in total. The first-order chi connectivity index (χ1) is 7.66. The van der Waals surface area contributed by atoms with E-state index in [1.807, 2.05) is 18.0 Å². The fourth-order valence-corrected chi connectivity index (χ4v) is 1.91. The highest BCUT2D eigenvalue weighted by atomic mass is 16.2. The lowest BCUT2D eigenvalue weighted by Crippen LogP contribution is -2.31. The van der Waals surface area contributed by atoms with Gasteiger partial charge in [-0.2, -0.15) is 5.10 Å². The Labute approximate surface area is 95.2 Å². The van der Waals surface area contributed by atoms with E-state index in [1.54, 1.807) is 10.9 Å². The van der Waals surface area contributed by atoms with Crippen LogP contribution in [0.4, 0.5) is 0 Å². The third-order valence-corrected chi connectivity index (χ3v) is 2.94. The lowest BCUT2D eigenvalue weighted by Gasteiger charge is -2.14. The maximum Gasteiger partial charge on any atom is 0.244 e. The van der Waals surface area contributed by atoms with Crippen molar-refractivity contribution in [2.45, 2.75) is 32.4 Å². The molecular formula is C11H18N4O. The molecule has 88 valence electrons. The zero-order valence-corrected chi connectivity index (χ0v) is 9.59. The Morgan fingerprint density at radius 2 is 2.25 bits per heavy atom. The molecule has 2 N–H and O–H groups in total. The number of amides is 1. The number of nitrogens with two attached hydrogens (primary N) is 1. The van der Waals surface area contributed by atoms with E-state index in [0.717, 1.165) is 31.5 Å². The second-order valence-corrected chi connectivity index (χ2v) is 4.35. The van der Waals surface area contributed by atoms with Crippen molar-refractivity contribution >= 4 is 5.91 Å². The van der Waals surface area contributed by atoms with Gasteiger partial charge >= 0.3 is 0 Å². The number of carbonyl (C=O) groups excluding carboxylic acids is 1. The molecule has 0 aliphatic carbocycles. The zero-order valence-electron chi connectivity index (χ0n) is 9.59. The van der Waals surface area contributed by atoms with Gasteiger partial charge in [-0.1, -0.05) is 0 Å². The molecule has 1 aliphatic heterocycles. The quantitative estimate of drug-likeness (QED) is 0.811. The molecule has 1 amide bonds. The molecule has 2 rings (SSSR count). The first-order valence-corrected chi connectivity index (χ1v) is 5.72. The topological polar surface area (TPSA) is 64.1 Å². The highest BCUT2D eigenvalue weighted by Gasteiger charge is 2.18. The third-order valence-electron chi connectivity index (χ3n) is 2.94. The molecule has 1 aromatic rings. The molecule has 1 atom stereocenters. The Morgan fingerprint density at radius 1 is 1.56 bits per heavy atom. The summed E-state index contributed by atoms with van der Waals surface area (Å²) in [5.41, 5.74) is 6.70. The van der Waals surface area contributed by atoms with Gasteiger partial charge in [0.05, 0.1) is 6.20 Å². The van der Waals surface area contributed by atoms with Crippen LogP contribution in [0.2, 0.25) is 0 Å². The standard InChI is InChI=1S/C11H18N4O/c1-9(12)10-6-13-15(7-10)8-11(16)14-4-2-3-5-14/h6-7,9H,2-5,8,12H2,1H3/t9-/m1/s1. The van der Waals surface area contributed by atoms with Crippen LogP contribution in [0, 0.1) is 0 Å². The molecule has 1 aliphatic rings. The average Bonchev–Trinajstić information content (AvgIpc) is 2.87. The minimum atomic E-state index is -0.0318. The fourth-order valence-electron chi connectivity index (χ4n) is 1.91. The summed E-state index contributed by atoms with van der Waals surface area (Å²) in [4.78, 5) is 13.7. The summed E-state index contributed by atoms with van der Waals surface area (Å²) in [6, 6.07) is -0.0318. The van der Waals surface area contributed by atoms with Crippen molar-refractivity contribution in [3.8, 4) is 0 Å². The van der Waals surface area contributed by atoms with E-state index < -0.39 is 0 Å². The zero-order chi connectivity index (χ0) is 11.5. The van der Waals surface area contributed by atoms with Crippen molar-refractivity contribution in [1.82, 2.24) is 14.7 Å². The summed E-state index contributed by atoms with van der Waals surface area (Å²) in [6.07, 6.45) is 5.81. The summed E-state index contributed by atoms with van der Waals surface area (Å²) >= 11 is 0. The summed E-state index contributed by atoms with van der Waals surface area (Å²) in [5, 5.41) is 4.14. The molecular weight excluding hydrogens is 204 g/mol. The van der Waals surface area contributed by atoms with E-state index in [0.29, 0.717) is 6.54 Å². The second kappa shape index (κ2) is 4.65. The normalized spacial score (nSPS) is 17.8. The van der Waals surface area contributed by atoms with Crippen molar-refractivity contribution in [1.29, 1.82) is 0 Å². The molecule has 1 aromatic heterocycles. The SMILES string of the molecule is C[C@@H](N)c1cnn(CC(=O)N2CCCC2)c1. The van der Waals surface area contributed by atoms with Crippen LogP contribution in [0.1, 0.15) is 31.4 Å². The first kappa shape index (κ1) is 11.1. The molecule has 0 bridgehead atoms. The summed E-state index contributed by atoms with van der Waals surface area (Å²) in [5.74, 6) is 0.150. The monoisotopic (exact) mass is 222 g/mol. The minimum Gasteiger partial charge on any atom is -0.341 e. The van der Waals surface area contributed by atoms with Gasteiger partial charge < -0.3 is 10.6 Å². The van der Waals surface area contributed by atoms with Gasteiger partial charge in [0.2, 0.25) is 5.91 Å². The second-order valence-electron chi connectivity index (χ2n) is 4.35. The molecule has 1 fully saturated rings. The lowest BCUT2D eigenvalue weighted by molar-refractivity contribution is -0.130. The molecule has 1 saturated heterocycles. The third kappa shape index (κ3) is 2.41. The van der Waals surface area contributed by atoms with Crippen LogP contribution in [0.3, 0.4) is 0 Å². The maximum atomic E-state index is 11.8. The Bertz CT molecular complexity index is 366. The Balaban J connectivity index is 1.95. The van der Waals surface area contributed by atoms with E-state index in [-0.39, 0.29) is 11.9 Å². The van der Waals surface area contributed by atoms with Crippen molar-refractivity contribution in [3.63, 3.8) is 0 Å². The van der Waals surface area contributed by atoms with Gasteiger partial charge in [0, 0.05) is 30.9 Å². The van der Waals surface area contributed by atoms with E-state index in [2.05, 4.69) is 5.10 Å². The number of hydrogen-bond acceptors (Lipinski definition) is 3. The van der Waals surface area contributed by atoms with E-state index in [1.165, 1.54) is 0 Å². The number of carbonyl (C=O) groups is 1. The number of likely N-dealkylation sites (tertiary alicyclic amines) is 1. The Kier molecular flexibility index (Phi) is 3.24. The summed E-state index contributed by atoms with van der Waals surface area (Å²) < 4.78 is 1.67. The van der Waals surface area contributed by atoms with Crippen LogP contribution < -0.4 is 5.73 Å². The number of rotatable bonds is 3. The predicted octanol–water partition coefficient (Wildman–Crippen LogP) is 0.525. The molecule has 2 heterocycles. The van der Waals surface area contributed by atoms with Crippen molar-refractivity contribution in [3.05, 3.63) is 18.0 Å². The molecule has 16 heavy (non-hydrogen) atoms. The van der Waals surface area contributed by atoms with Gasteiger partial charge in [-0.25, -0.2) is 0 Å². The van der Waals surface area contributed by atoms with Crippen LogP contribution in [-0.2, 0) is 11.3 Å². The van der Waals surface area contributed by atoms with Gasteiger partial charge in [0.25, 0.3) is 0 Å². The van der Waals surface area contributed by atoms with Crippen LogP contribution in [0.5, 0.6) is 0 Å². The molecule has 0 spiro atoms. The number of hydrogen-bond donors (Lipinski definition) is 1. The van der Waals surface area contributed by atoms with Gasteiger partial charge in [-0.15, -0.1) is 0 Å². The smallest absolute Gasteiger partial charge is 0.244 e. The van der Waals surface area contributed by atoms with Gasteiger partial charge in [0.15, 0.2) is 0 Å². The van der Waals surface area contributed by atoms with Crippen LogP contribution in [0.15, 0.2) is 12.4 Å². The predicted molar refractivity (Wildman–Crippen MR) is 60.6 cm³/mol. The minimum absolute atomic E-state index is 0.0318. The van der Waals surface area contributed by atoms with Gasteiger partial charge in [0.1, 0.15) is 6.54 Å². The van der Waals surface area contributed by atoms with E-state index in [9.17, 15) is 4.79 Å². The molecule has 0 saturated carbocycles. The van der Waals surface area contributed by atoms with Crippen molar-refractivity contribution in [2.75, 3.05) is 13.1 Å². The average molecular weight is 222 g/mol. The summed E-state index contributed by atoms with van der Waals surface area (Å²) in [6.45, 7) is 4.01. The molecule has 0 unspecified atom stereocenters. The Hall–Kier alpha value is -1.36. The van der Waals surface area contributed by atoms with Crippen LogP contribution in [0.25, 0.3) is 0 Å². The van der Waals surface area contributed by atoms with Gasteiger partial charge in [-0.05, 0) is 19.8 Å². The summed E-state index contributed by atoms with van der Waals surface area (Å²) in [7, 11) is 0. The van der Waals surface area contributed by atoms with E-state index in [4.69, 9.17) is 5.73 Å². The van der Waals surface area contributed by atoms with Crippen molar-refractivity contribution in [2.24, 2.45) is 5.73 Å². The van der Waals surface area contributed by atoms with Crippen LogP contribution in [-0.4, -0.2) is 33.7 Å². The number of aromatic nitrogens is 2. The lowest BCUT2D eigenvalue weighted by atomic mass is 10.2. The largest absolute Gasteiger partial charge is 0.341 e. The molecule has 5 heteroatoms. The van der Waals surface area contributed by atoms with Crippen molar-refractivity contribution < 1.29 is 4.79 Å². The highest BCUT2D eigenvalue weighted by molar-refractivity contribution is 5.76. The van der Waals surface area contributed by atoms with Gasteiger partial charge in [-0.3, -0.25) is 9.48 Å².